The number of aromatic nitrogens is 1. The standard InChI is InChI=1S/C15H18N2O/c1-9-4-5-10(2)12(8-9)14(18)13-11(3)6-7-17-15(13)16/h4-8,14,18H,1-3H3,(H2,16,17). The first-order chi connectivity index (χ1) is 8.50. The van der Waals surface area contributed by atoms with Crippen molar-refractivity contribution in [2.75, 3.05) is 5.73 Å². The van der Waals surface area contributed by atoms with E-state index in [4.69, 9.17) is 5.73 Å². The fraction of sp³-hybridized carbons (Fsp3) is 0.267. The van der Waals surface area contributed by atoms with Gasteiger partial charge in [0.25, 0.3) is 0 Å². The van der Waals surface area contributed by atoms with Crippen LogP contribution in [0.15, 0.2) is 30.5 Å². The van der Waals surface area contributed by atoms with Crippen LogP contribution >= 0.6 is 0 Å². The Morgan fingerprint density at radius 2 is 1.83 bits per heavy atom. The Bertz CT molecular complexity index is 558. The lowest BCUT2D eigenvalue weighted by Gasteiger charge is -2.18. The minimum absolute atomic E-state index is 0.392. The van der Waals surface area contributed by atoms with Crippen molar-refractivity contribution in [1.29, 1.82) is 0 Å². The van der Waals surface area contributed by atoms with E-state index in [0.717, 1.165) is 22.3 Å². The Morgan fingerprint density at radius 1 is 1.11 bits per heavy atom. The minimum Gasteiger partial charge on any atom is -0.383 e. The Morgan fingerprint density at radius 3 is 2.50 bits per heavy atom. The summed E-state index contributed by atoms with van der Waals surface area (Å²) in [6.45, 7) is 5.93. The Kier molecular flexibility index (Phi) is 3.34. The molecule has 1 aromatic carbocycles. The molecule has 18 heavy (non-hydrogen) atoms. The molecule has 3 nitrogen and oxygen atoms in total. The van der Waals surface area contributed by atoms with Crippen LogP contribution in [0.25, 0.3) is 0 Å². The van der Waals surface area contributed by atoms with E-state index in [1.165, 1.54) is 0 Å². The summed E-state index contributed by atoms with van der Waals surface area (Å²) in [5.74, 6) is 0.392. The van der Waals surface area contributed by atoms with Crippen molar-refractivity contribution in [1.82, 2.24) is 4.98 Å². The molecule has 0 aliphatic rings. The molecule has 2 aromatic rings. The van der Waals surface area contributed by atoms with Crippen molar-refractivity contribution in [3.63, 3.8) is 0 Å². The summed E-state index contributed by atoms with van der Waals surface area (Å²) in [4.78, 5) is 4.06. The van der Waals surface area contributed by atoms with Crippen LogP contribution in [0, 0.1) is 20.8 Å². The van der Waals surface area contributed by atoms with E-state index in [9.17, 15) is 5.11 Å². The zero-order valence-corrected chi connectivity index (χ0v) is 10.9. The SMILES string of the molecule is Cc1ccc(C)c(C(O)c2c(C)ccnc2N)c1. The number of hydrogen-bond acceptors (Lipinski definition) is 3. The van der Waals surface area contributed by atoms with Crippen molar-refractivity contribution < 1.29 is 5.11 Å². The highest BCUT2D eigenvalue weighted by atomic mass is 16.3. The molecule has 0 aliphatic heterocycles. The molecule has 3 N–H and O–H groups in total. The molecule has 94 valence electrons. The largest absolute Gasteiger partial charge is 0.383 e. The highest BCUT2D eigenvalue weighted by molar-refractivity contribution is 5.50. The molecular formula is C15H18N2O. The van der Waals surface area contributed by atoms with Crippen LogP contribution in [0.3, 0.4) is 0 Å². The molecule has 2 rings (SSSR count). The lowest BCUT2D eigenvalue weighted by molar-refractivity contribution is 0.219. The maximum atomic E-state index is 10.5. The van der Waals surface area contributed by atoms with E-state index < -0.39 is 6.10 Å². The van der Waals surface area contributed by atoms with E-state index in [-0.39, 0.29) is 0 Å². The summed E-state index contributed by atoms with van der Waals surface area (Å²) in [7, 11) is 0. The van der Waals surface area contributed by atoms with Crippen molar-refractivity contribution in [2.45, 2.75) is 26.9 Å². The summed E-state index contributed by atoms with van der Waals surface area (Å²) < 4.78 is 0. The molecule has 0 amide bonds. The number of rotatable bonds is 2. The van der Waals surface area contributed by atoms with Gasteiger partial charge in [-0.15, -0.1) is 0 Å². The number of nitrogen functional groups attached to an aromatic ring is 1. The zero-order chi connectivity index (χ0) is 13.3. The van der Waals surface area contributed by atoms with Crippen molar-refractivity contribution in [2.24, 2.45) is 0 Å². The maximum absolute atomic E-state index is 10.5. The monoisotopic (exact) mass is 242 g/mol. The molecule has 1 atom stereocenters. The second kappa shape index (κ2) is 4.78. The smallest absolute Gasteiger partial charge is 0.129 e. The van der Waals surface area contributed by atoms with Gasteiger partial charge in [-0.2, -0.15) is 0 Å². The summed E-state index contributed by atoms with van der Waals surface area (Å²) in [6, 6.07) is 7.90. The van der Waals surface area contributed by atoms with Crippen molar-refractivity contribution in [3.05, 3.63) is 58.3 Å². The third kappa shape index (κ3) is 2.22. The predicted molar refractivity (Wildman–Crippen MR) is 73.4 cm³/mol. The zero-order valence-electron chi connectivity index (χ0n) is 10.9. The molecule has 0 spiro atoms. The molecule has 1 aromatic heterocycles. The van der Waals surface area contributed by atoms with Crippen LogP contribution in [0.5, 0.6) is 0 Å². The number of aliphatic hydroxyl groups excluding tert-OH is 1. The highest BCUT2D eigenvalue weighted by Gasteiger charge is 2.18. The Balaban J connectivity index is 2.54. The van der Waals surface area contributed by atoms with E-state index in [1.54, 1.807) is 6.20 Å². The van der Waals surface area contributed by atoms with Gasteiger partial charge in [0.05, 0.1) is 0 Å². The van der Waals surface area contributed by atoms with Crippen molar-refractivity contribution in [3.8, 4) is 0 Å². The molecule has 0 aliphatic carbocycles. The first kappa shape index (κ1) is 12.6. The van der Waals surface area contributed by atoms with Gasteiger partial charge in [-0.3, -0.25) is 0 Å². The van der Waals surface area contributed by atoms with Gasteiger partial charge in [0.1, 0.15) is 11.9 Å². The fourth-order valence-corrected chi connectivity index (χ4v) is 2.16. The molecule has 3 heteroatoms. The van der Waals surface area contributed by atoms with Gasteiger partial charge in [0.2, 0.25) is 0 Å². The molecule has 0 fully saturated rings. The van der Waals surface area contributed by atoms with Gasteiger partial charge in [0.15, 0.2) is 0 Å². The number of benzene rings is 1. The van der Waals surface area contributed by atoms with Crippen molar-refractivity contribution >= 4 is 5.82 Å². The molecule has 1 heterocycles. The molecule has 0 saturated heterocycles. The van der Waals surface area contributed by atoms with Gasteiger partial charge < -0.3 is 10.8 Å². The van der Waals surface area contributed by atoms with E-state index in [2.05, 4.69) is 4.98 Å². The number of anilines is 1. The third-order valence-electron chi connectivity index (χ3n) is 3.24. The number of nitrogens with two attached hydrogens (primary N) is 1. The predicted octanol–water partition coefficient (Wildman–Crippen LogP) is 2.67. The van der Waals surface area contributed by atoms with Crippen LogP contribution in [-0.4, -0.2) is 10.1 Å². The maximum Gasteiger partial charge on any atom is 0.129 e. The molecular weight excluding hydrogens is 224 g/mol. The van der Waals surface area contributed by atoms with Gasteiger partial charge in [-0.25, -0.2) is 4.98 Å². The van der Waals surface area contributed by atoms with Gasteiger partial charge in [-0.05, 0) is 43.5 Å². The first-order valence-corrected chi connectivity index (χ1v) is 5.97. The van der Waals surface area contributed by atoms with Crippen LogP contribution in [-0.2, 0) is 0 Å². The summed E-state index contributed by atoms with van der Waals surface area (Å²) in [6.07, 6.45) is 0.933. The van der Waals surface area contributed by atoms with Crippen LogP contribution in [0.1, 0.15) is 33.9 Å². The number of nitrogens with zero attached hydrogens (tertiary/aromatic N) is 1. The van der Waals surface area contributed by atoms with Crippen LogP contribution < -0.4 is 5.73 Å². The van der Waals surface area contributed by atoms with E-state index in [0.29, 0.717) is 11.4 Å². The van der Waals surface area contributed by atoms with Gasteiger partial charge in [-0.1, -0.05) is 23.8 Å². The topological polar surface area (TPSA) is 59.1 Å². The first-order valence-electron chi connectivity index (χ1n) is 5.97. The van der Waals surface area contributed by atoms with Crippen LogP contribution in [0.2, 0.25) is 0 Å². The number of aliphatic hydroxyl groups is 1. The highest BCUT2D eigenvalue weighted by Crippen LogP contribution is 2.30. The normalized spacial score (nSPS) is 12.4. The summed E-state index contributed by atoms with van der Waals surface area (Å²) in [5.41, 5.74) is 10.6. The minimum atomic E-state index is -0.724. The molecule has 0 saturated carbocycles. The van der Waals surface area contributed by atoms with E-state index in [1.807, 2.05) is 45.0 Å². The summed E-state index contributed by atoms with van der Waals surface area (Å²) in [5, 5.41) is 10.5. The number of hydrogen-bond donors (Lipinski definition) is 2. The lowest BCUT2D eigenvalue weighted by atomic mass is 9.94. The quantitative estimate of drug-likeness (QED) is 0.851. The molecule has 1 unspecified atom stereocenters. The average Bonchev–Trinajstić information content (AvgIpc) is 2.32. The lowest BCUT2D eigenvalue weighted by Crippen LogP contribution is -2.09. The average molecular weight is 242 g/mol. The van der Waals surface area contributed by atoms with Crippen LogP contribution in [0.4, 0.5) is 5.82 Å². The summed E-state index contributed by atoms with van der Waals surface area (Å²) >= 11 is 0. The second-order valence-electron chi connectivity index (χ2n) is 4.69. The third-order valence-corrected chi connectivity index (χ3v) is 3.24. The molecule has 0 bridgehead atoms. The Hall–Kier alpha value is -1.87. The second-order valence-corrected chi connectivity index (χ2v) is 4.69. The van der Waals surface area contributed by atoms with E-state index >= 15 is 0 Å². The Labute approximate surface area is 107 Å². The fourth-order valence-electron chi connectivity index (χ4n) is 2.16. The number of pyridine rings is 1. The number of aryl methyl sites for hydroxylation is 3. The molecule has 0 radical (unpaired) electrons. The van der Waals surface area contributed by atoms with Gasteiger partial charge in [0, 0.05) is 11.8 Å². The van der Waals surface area contributed by atoms with Gasteiger partial charge >= 0.3 is 0 Å².